The number of amides is 1. The molecular weight excluding hydrogens is 491 g/mol. The third kappa shape index (κ3) is 11.1. The molecule has 0 aromatic heterocycles. The van der Waals surface area contributed by atoms with E-state index in [-0.39, 0.29) is 29.9 Å². The smallest absolute Gasteiger partial charge is 0.251 e. The third-order valence-corrected chi connectivity index (χ3v) is 4.71. The number of halogens is 1. The van der Waals surface area contributed by atoms with Gasteiger partial charge in [0.25, 0.3) is 5.91 Å². The van der Waals surface area contributed by atoms with Crippen LogP contribution in [0.1, 0.15) is 43.6 Å². The monoisotopic (exact) mass is 532 g/mol. The van der Waals surface area contributed by atoms with Gasteiger partial charge in [-0.15, -0.1) is 24.0 Å². The van der Waals surface area contributed by atoms with Crippen molar-refractivity contribution in [2.45, 2.75) is 46.3 Å². The fourth-order valence-corrected chi connectivity index (χ4v) is 3.14. The molecule has 8 heteroatoms. The van der Waals surface area contributed by atoms with Gasteiger partial charge in [-0.2, -0.15) is 0 Å². The number of benzene rings is 1. The summed E-state index contributed by atoms with van der Waals surface area (Å²) in [5.74, 6) is 0.719. The molecular formula is C22H41IN6O. The molecule has 0 heterocycles. The molecule has 0 fully saturated rings. The maximum Gasteiger partial charge on any atom is 0.251 e. The molecule has 0 atom stereocenters. The predicted molar refractivity (Wildman–Crippen MR) is 138 cm³/mol. The van der Waals surface area contributed by atoms with Crippen LogP contribution in [0, 0.1) is 0 Å². The van der Waals surface area contributed by atoms with Crippen molar-refractivity contribution >= 4 is 35.8 Å². The standard InChI is InChI=1S/C22H40N6O.HI/c1-17(2)28(18(3)4)14-12-25-22(23-5)26-16-19-9-8-10-20(15-19)21(29)24-11-13-27(6)7;/h8-10,15,17-18H,11-14,16H2,1-7H3,(H,24,29)(H2,23,25,26);1H. The molecule has 0 aliphatic carbocycles. The molecule has 0 aliphatic rings. The molecule has 0 radical (unpaired) electrons. The number of carbonyl (C=O) groups is 1. The van der Waals surface area contributed by atoms with E-state index < -0.39 is 0 Å². The van der Waals surface area contributed by atoms with Crippen molar-refractivity contribution in [1.29, 1.82) is 0 Å². The molecule has 0 bridgehead atoms. The molecule has 172 valence electrons. The minimum absolute atomic E-state index is 0. The Kier molecular flexibility index (Phi) is 14.7. The van der Waals surface area contributed by atoms with E-state index in [9.17, 15) is 4.79 Å². The number of nitrogens with zero attached hydrogens (tertiary/aromatic N) is 3. The van der Waals surface area contributed by atoms with E-state index in [0.29, 0.717) is 30.7 Å². The van der Waals surface area contributed by atoms with Crippen molar-refractivity contribution in [2.75, 3.05) is 47.3 Å². The van der Waals surface area contributed by atoms with E-state index in [1.807, 2.05) is 43.3 Å². The number of carbonyl (C=O) groups excluding carboxylic acids is 1. The van der Waals surface area contributed by atoms with Gasteiger partial charge in [0.1, 0.15) is 0 Å². The number of hydrogen-bond donors (Lipinski definition) is 3. The number of nitrogens with one attached hydrogen (secondary N) is 3. The highest BCUT2D eigenvalue weighted by atomic mass is 127. The Morgan fingerprint density at radius 1 is 1.00 bits per heavy atom. The van der Waals surface area contributed by atoms with E-state index in [1.54, 1.807) is 7.05 Å². The third-order valence-electron chi connectivity index (χ3n) is 4.71. The molecule has 0 unspecified atom stereocenters. The Bertz CT molecular complexity index is 640. The van der Waals surface area contributed by atoms with Gasteiger partial charge in [-0.05, 0) is 59.5 Å². The lowest BCUT2D eigenvalue weighted by atomic mass is 10.1. The first-order chi connectivity index (χ1) is 13.7. The predicted octanol–water partition coefficient (Wildman–Crippen LogP) is 2.38. The molecule has 3 N–H and O–H groups in total. The maximum absolute atomic E-state index is 12.3. The lowest BCUT2D eigenvalue weighted by molar-refractivity contribution is 0.0951. The number of aliphatic imine (C=N–C) groups is 1. The van der Waals surface area contributed by atoms with Crippen molar-refractivity contribution in [3.63, 3.8) is 0 Å². The fraction of sp³-hybridized carbons (Fsp3) is 0.636. The Balaban J connectivity index is 0.00000841. The van der Waals surface area contributed by atoms with Gasteiger partial charge >= 0.3 is 0 Å². The summed E-state index contributed by atoms with van der Waals surface area (Å²) in [6, 6.07) is 8.71. The van der Waals surface area contributed by atoms with E-state index in [2.05, 4.69) is 53.5 Å². The minimum Gasteiger partial charge on any atom is -0.355 e. The van der Waals surface area contributed by atoms with E-state index in [0.717, 1.165) is 31.2 Å². The minimum atomic E-state index is -0.0429. The zero-order chi connectivity index (χ0) is 21.8. The number of hydrogen-bond acceptors (Lipinski definition) is 4. The van der Waals surface area contributed by atoms with Gasteiger partial charge in [-0.3, -0.25) is 14.7 Å². The van der Waals surface area contributed by atoms with Gasteiger partial charge in [-0.25, -0.2) is 0 Å². The SMILES string of the molecule is CN=C(NCCN(C(C)C)C(C)C)NCc1cccc(C(=O)NCCN(C)C)c1.I. The normalized spacial score (nSPS) is 11.8. The summed E-state index contributed by atoms with van der Waals surface area (Å²) in [6.07, 6.45) is 0. The Labute approximate surface area is 200 Å². The van der Waals surface area contributed by atoms with Gasteiger partial charge < -0.3 is 20.9 Å². The summed E-state index contributed by atoms with van der Waals surface area (Å²) in [5, 5.41) is 9.64. The number of likely N-dealkylation sites (N-methyl/N-ethyl adjacent to an activating group) is 1. The molecule has 0 aliphatic heterocycles. The summed E-state index contributed by atoms with van der Waals surface area (Å²) < 4.78 is 0. The lowest BCUT2D eigenvalue weighted by Crippen LogP contribution is -2.45. The number of rotatable bonds is 11. The quantitative estimate of drug-likeness (QED) is 0.232. The first kappa shape index (κ1) is 28.6. The summed E-state index contributed by atoms with van der Waals surface area (Å²) >= 11 is 0. The fourth-order valence-electron chi connectivity index (χ4n) is 3.14. The van der Waals surface area contributed by atoms with Gasteiger partial charge in [0.05, 0.1) is 0 Å². The first-order valence-electron chi connectivity index (χ1n) is 10.5. The highest BCUT2D eigenvalue weighted by molar-refractivity contribution is 14.0. The second-order valence-electron chi connectivity index (χ2n) is 8.04. The summed E-state index contributed by atoms with van der Waals surface area (Å²) in [7, 11) is 5.75. The van der Waals surface area contributed by atoms with Crippen LogP contribution in [0.3, 0.4) is 0 Å². The Hall–Kier alpha value is -1.39. The molecule has 30 heavy (non-hydrogen) atoms. The van der Waals surface area contributed by atoms with Crippen LogP contribution in [0.4, 0.5) is 0 Å². The molecule has 1 amide bonds. The molecule has 0 spiro atoms. The van der Waals surface area contributed by atoms with Crippen LogP contribution in [0.25, 0.3) is 0 Å². The number of guanidine groups is 1. The second-order valence-corrected chi connectivity index (χ2v) is 8.04. The highest BCUT2D eigenvalue weighted by Gasteiger charge is 2.12. The zero-order valence-electron chi connectivity index (χ0n) is 19.7. The summed E-state index contributed by atoms with van der Waals surface area (Å²) in [4.78, 5) is 21.1. The maximum atomic E-state index is 12.3. The van der Waals surface area contributed by atoms with Crippen LogP contribution in [-0.4, -0.2) is 81.1 Å². The van der Waals surface area contributed by atoms with Gasteiger partial charge in [0.2, 0.25) is 0 Å². The van der Waals surface area contributed by atoms with Crippen LogP contribution in [0.2, 0.25) is 0 Å². The van der Waals surface area contributed by atoms with Gasteiger partial charge in [-0.1, -0.05) is 12.1 Å². The topological polar surface area (TPSA) is 72.0 Å². The summed E-state index contributed by atoms with van der Waals surface area (Å²) in [5.41, 5.74) is 1.72. The molecule has 0 saturated heterocycles. The van der Waals surface area contributed by atoms with Crippen LogP contribution < -0.4 is 16.0 Å². The first-order valence-corrected chi connectivity index (χ1v) is 10.5. The largest absolute Gasteiger partial charge is 0.355 e. The van der Waals surface area contributed by atoms with Crippen molar-refractivity contribution in [2.24, 2.45) is 4.99 Å². The Morgan fingerprint density at radius 3 is 2.20 bits per heavy atom. The van der Waals surface area contributed by atoms with Crippen molar-refractivity contribution in [3.05, 3.63) is 35.4 Å². The van der Waals surface area contributed by atoms with Crippen LogP contribution in [-0.2, 0) is 6.54 Å². The zero-order valence-corrected chi connectivity index (χ0v) is 22.0. The van der Waals surface area contributed by atoms with Crippen LogP contribution >= 0.6 is 24.0 Å². The van der Waals surface area contributed by atoms with Gasteiger partial charge in [0.15, 0.2) is 5.96 Å². The van der Waals surface area contributed by atoms with E-state index in [4.69, 9.17) is 0 Å². The molecule has 0 saturated carbocycles. The van der Waals surface area contributed by atoms with Crippen molar-refractivity contribution in [1.82, 2.24) is 25.8 Å². The van der Waals surface area contributed by atoms with E-state index >= 15 is 0 Å². The van der Waals surface area contributed by atoms with Crippen LogP contribution in [0.5, 0.6) is 0 Å². The molecule has 7 nitrogen and oxygen atoms in total. The molecule has 1 aromatic carbocycles. The van der Waals surface area contributed by atoms with Crippen molar-refractivity contribution < 1.29 is 4.79 Å². The average Bonchev–Trinajstić information content (AvgIpc) is 2.66. The van der Waals surface area contributed by atoms with Gasteiger partial charge in [0, 0.05) is 57.4 Å². The highest BCUT2D eigenvalue weighted by Crippen LogP contribution is 2.06. The van der Waals surface area contributed by atoms with Crippen LogP contribution in [0.15, 0.2) is 29.3 Å². The lowest BCUT2D eigenvalue weighted by Gasteiger charge is -2.30. The van der Waals surface area contributed by atoms with Crippen molar-refractivity contribution in [3.8, 4) is 0 Å². The Morgan fingerprint density at radius 2 is 1.63 bits per heavy atom. The molecule has 1 rings (SSSR count). The molecule has 1 aromatic rings. The second kappa shape index (κ2) is 15.4. The van der Waals surface area contributed by atoms with E-state index in [1.165, 1.54) is 0 Å². The summed E-state index contributed by atoms with van der Waals surface area (Å²) in [6.45, 7) is 12.7. The average molecular weight is 533 g/mol.